The summed E-state index contributed by atoms with van der Waals surface area (Å²) in [5.41, 5.74) is -0.315. The van der Waals surface area contributed by atoms with Gasteiger partial charge in [-0.3, -0.25) is 4.90 Å². The first-order valence-electron chi connectivity index (χ1n) is 6.19. The lowest BCUT2D eigenvalue weighted by atomic mass is 9.85. The molecule has 0 aromatic rings. The van der Waals surface area contributed by atoms with Crippen molar-refractivity contribution in [3.63, 3.8) is 0 Å². The first-order valence-corrected chi connectivity index (χ1v) is 6.19. The fourth-order valence-corrected chi connectivity index (χ4v) is 2.55. The standard InChI is InChI=1S/C12H21NO3/c14-6-5-13(11-2-1-3-11)8-12(9-15)4-7-16-10-12/h9,11,14H,1-8,10H2. The molecule has 92 valence electrons. The molecule has 0 aromatic heterocycles. The van der Waals surface area contributed by atoms with E-state index in [-0.39, 0.29) is 12.0 Å². The Kier molecular flexibility index (Phi) is 3.95. The van der Waals surface area contributed by atoms with Gasteiger partial charge in [-0.1, -0.05) is 6.42 Å². The maximum atomic E-state index is 11.2. The molecule has 4 nitrogen and oxygen atoms in total. The normalized spacial score (nSPS) is 30.6. The SMILES string of the molecule is O=CC1(CN(CCO)C2CCC2)CCOC1. The smallest absolute Gasteiger partial charge is 0.129 e. The number of carbonyl (C=O) groups excluding carboxylic acids is 1. The highest BCUT2D eigenvalue weighted by atomic mass is 16.5. The largest absolute Gasteiger partial charge is 0.395 e. The van der Waals surface area contributed by atoms with Crippen molar-refractivity contribution >= 4 is 6.29 Å². The third-order valence-corrected chi connectivity index (χ3v) is 3.88. The van der Waals surface area contributed by atoms with E-state index < -0.39 is 0 Å². The summed E-state index contributed by atoms with van der Waals surface area (Å²) in [4.78, 5) is 13.5. The van der Waals surface area contributed by atoms with Gasteiger partial charge in [-0.25, -0.2) is 0 Å². The average Bonchev–Trinajstić information content (AvgIpc) is 2.65. The molecule has 2 rings (SSSR count). The molecular weight excluding hydrogens is 206 g/mol. The van der Waals surface area contributed by atoms with Crippen LogP contribution in [0.3, 0.4) is 0 Å². The number of aldehydes is 1. The molecule has 1 saturated heterocycles. The molecular formula is C12H21NO3. The fourth-order valence-electron chi connectivity index (χ4n) is 2.55. The predicted molar refractivity (Wildman–Crippen MR) is 60.2 cm³/mol. The minimum atomic E-state index is -0.315. The van der Waals surface area contributed by atoms with E-state index in [1.54, 1.807) is 0 Å². The average molecular weight is 227 g/mol. The van der Waals surface area contributed by atoms with E-state index in [0.29, 0.717) is 25.8 Å². The zero-order valence-electron chi connectivity index (χ0n) is 9.73. The van der Waals surface area contributed by atoms with Gasteiger partial charge in [-0.2, -0.15) is 0 Å². The van der Waals surface area contributed by atoms with Crippen LogP contribution in [-0.4, -0.2) is 55.2 Å². The highest BCUT2D eigenvalue weighted by Gasteiger charge is 2.38. The van der Waals surface area contributed by atoms with Crippen LogP contribution in [0.5, 0.6) is 0 Å². The van der Waals surface area contributed by atoms with Crippen molar-refractivity contribution in [2.24, 2.45) is 5.41 Å². The molecule has 1 unspecified atom stereocenters. The van der Waals surface area contributed by atoms with Crippen LogP contribution in [-0.2, 0) is 9.53 Å². The lowest BCUT2D eigenvalue weighted by molar-refractivity contribution is -0.118. The molecule has 1 aliphatic carbocycles. The van der Waals surface area contributed by atoms with Crippen LogP contribution < -0.4 is 0 Å². The van der Waals surface area contributed by atoms with Crippen molar-refractivity contribution in [3.8, 4) is 0 Å². The third-order valence-electron chi connectivity index (χ3n) is 3.88. The number of aliphatic hydroxyl groups is 1. The number of hydrogen-bond donors (Lipinski definition) is 1. The molecule has 1 heterocycles. The monoisotopic (exact) mass is 227 g/mol. The van der Waals surface area contributed by atoms with Crippen molar-refractivity contribution in [3.05, 3.63) is 0 Å². The lowest BCUT2D eigenvalue weighted by Gasteiger charge is -2.40. The number of aliphatic hydroxyl groups excluding tert-OH is 1. The quantitative estimate of drug-likeness (QED) is 0.669. The Labute approximate surface area is 96.6 Å². The first kappa shape index (κ1) is 12.0. The Morgan fingerprint density at radius 1 is 1.50 bits per heavy atom. The van der Waals surface area contributed by atoms with Gasteiger partial charge >= 0.3 is 0 Å². The van der Waals surface area contributed by atoms with Gasteiger partial charge in [0, 0.05) is 25.7 Å². The zero-order valence-corrected chi connectivity index (χ0v) is 9.73. The van der Waals surface area contributed by atoms with E-state index in [1.165, 1.54) is 19.3 Å². The summed E-state index contributed by atoms with van der Waals surface area (Å²) in [6.07, 6.45) is 5.57. The van der Waals surface area contributed by atoms with Crippen LogP contribution in [0.4, 0.5) is 0 Å². The number of ether oxygens (including phenoxy) is 1. The molecule has 0 spiro atoms. The van der Waals surface area contributed by atoms with Crippen LogP contribution in [0.25, 0.3) is 0 Å². The van der Waals surface area contributed by atoms with Gasteiger partial charge in [0.2, 0.25) is 0 Å². The summed E-state index contributed by atoms with van der Waals surface area (Å²) in [6, 6.07) is 0.574. The van der Waals surface area contributed by atoms with Gasteiger partial charge in [0.25, 0.3) is 0 Å². The molecule has 0 aromatic carbocycles. The highest BCUT2D eigenvalue weighted by Crippen LogP contribution is 2.32. The van der Waals surface area contributed by atoms with E-state index in [9.17, 15) is 4.79 Å². The van der Waals surface area contributed by atoms with E-state index in [2.05, 4.69) is 4.90 Å². The van der Waals surface area contributed by atoms with E-state index in [4.69, 9.17) is 9.84 Å². The Bertz CT molecular complexity index is 234. The van der Waals surface area contributed by atoms with Crippen LogP contribution >= 0.6 is 0 Å². The Balaban J connectivity index is 1.94. The minimum absolute atomic E-state index is 0.173. The fraction of sp³-hybridized carbons (Fsp3) is 0.917. The van der Waals surface area contributed by atoms with Gasteiger partial charge in [-0.15, -0.1) is 0 Å². The Hall–Kier alpha value is -0.450. The summed E-state index contributed by atoms with van der Waals surface area (Å²) >= 11 is 0. The summed E-state index contributed by atoms with van der Waals surface area (Å²) in [7, 11) is 0. The Morgan fingerprint density at radius 2 is 2.31 bits per heavy atom. The van der Waals surface area contributed by atoms with Crippen LogP contribution in [0, 0.1) is 5.41 Å². The molecule has 0 bridgehead atoms. The summed E-state index contributed by atoms with van der Waals surface area (Å²) in [5.74, 6) is 0. The molecule has 1 atom stereocenters. The van der Waals surface area contributed by atoms with Gasteiger partial charge in [0.15, 0.2) is 0 Å². The molecule has 1 aliphatic heterocycles. The second kappa shape index (κ2) is 5.25. The molecule has 16 heavy (non-hydrogen) atoms. The van der Waals surface area contributed by atoms with Crippen molar-refractivity contribution in [2.45, 2.75) is 31.7 Å². The molecule has 4 heteroatoms. The van der Waals surface area contributed by atoms with Crippen LogP contribution in [0.1, 0.15) is 25.7 Å². The topological polar surface area (TPSA) is 49.8 Å². The molecule has 2 aliphatic rings. The highest BCUT2D eigenvalue weighted by molar-refractivity contribution is 5.60. The summed E-state index contributed by atoms with van der Waals surface area (Å²) < 4.78 is 5.34. The molecule has 2 fully saturated rings. The summed E-state index contributed by atoms with van der Waals surface area (Å²) in [6.45, 7) is 2.84. The van der Waals surface area contributed by atoms with Crippen LogP contribution in [0.15, 0.2) is 0 Å². The van der Waals surface area contributed by atoms with Gasteiger partial charge in [0.1, 0.15) is 6.29 Å². The number of carbonyl (C=O) groups is 1. The van der Waals surface area contributed by atoms with Gasteiger partial charge in [0.05, 0.1) is 18.6 Å². The zero-order chi connectivity index (χ0) is 11.4. The third kappa shape index (κ3) is 2.44. The Morgan fingerprint density at radius 3 is 2.75 bits per heavy atom. The van der Waals surface area contributed by atoms with E-state index >= 15 is 0 Å². The van der Waals surface area contributed by atoms with Gasteiger partial charge < -0.3 is 14.6 Å². The number of nitrogens with zero attached hydrogens (tertiary/aromatic N) is 1. The van der Waals surface area contributed by atoms with Crippen LogP contribution in [0.2, 0.25) is 0 Å². The lowest BCUT2D eigenvalue weighted by Crippen LogP contribution is -2.48. The van der Waals surface area contributed by atoms with Crippen molar-refractivity contribution in [2.75, 3.05) is 32.9 Å². The number of hydrogen-bond acceptors (Lipinski definition) is 4. The second-order valence-electron chi connectivity index (χ2n) is 5.06. The molecule has 1 saturated carbocycles. The van der Waals surface area contributed by atoms with E-state index in [1.807, 2.05) is 0 Å². The maximum absolute atomic E-state index is 11.2. The van der Waals surface area contributed by atoms with Crippen molar-refractivity contribution < 1.29 is 14.6 Å². The maximum Gasteiger partial charge on any atom is 0.129 e. The second-order valence-corrected chi connectivity index (χ2v) is 5.06. The predicted octanol–water partition coefficient (Wildman–Crippen LogP) is 0.439. The molecule has 0 radical (unpaired) electrons. The van der Waals surface area contributed by atoms with Crippen molar-refractivity contribution in [1.82, 2.24) is 4.90 Å². The van der Waals surface area contributed by atoms with E-state index in [0.717, 1.165) is 19.3 Å². The summed E-state index contributed by atoms with van der Waals surface area (Å²) in [5, 5.41) is 9.07. The number of rotatable bonds is 6. The molecule has 0 amide bonds. The minimum Gasteiger partial charge on any atom is -0.395 e. The first-order chi connectivity index (χ1) is 7.79. The van der Waals surface area contributed by atoms with Gasteiger partial charge in [-0.05, 0) is 19.3 Å². The van der Waals surface area contributed by atoms with Crippen molar-refractivity contribution in [1.29, 1.82) is 0 Å². The molecule has 1 N–H and O–H groups in total.